The molecule has 0 aliphatic carbocycles. The number of piperazine rings is 1. The van der Waals surface area contributed by atoms with Crippen molar-refractivity contribution in [3.05, 3.63) is 53.6 Å². The first-order valence-corrected chi connectivity index (χ1v) is 10.6. The van der Waals surface area contributed by atoms with E-state index in [1.54, 1.807) is 0 Å². The minimum Gasteiger partial charge on any atom is -0.469 e. The molecule has 4 rings (SSSR count). The van der Waals surface area contributed by atoms with Crippen LogP contribution in [-0.2, 0) is 9.53 Å². The summed E-state index contributed by atoms with van der Waals surface area (Å²) in [6.45, 7) is 4.12. The monoisotopic (exact) mass is 404 g/mol. The summed E-state index contributed by atoms with van der Waals surface area (Å²) in [5.74, 6) is -0.0693. The fraction of sp³-hybridized carbons (Fsp3) is 0.417. The Kier molecular flexibility index (Phi) is 5.91. The maximum Gasteiger partial charge on any atom is 0.306 e. The largest absolute Gasteiger partial charge is 0.469 e. The van der Waals surface area contributed by atoms with Crippen LogP contribution in [0.5, 0.6) is 0 Å². The fourth-order valence-corrected chi connectivity index (χ4v) is 4.58. The molecule has 2 aromatic carbocycles. The van der Waals surface area contributed by atoms with E-state index in [4.69, 9.17) is 10.00 Å². The zero-order valence-electron chi connectivity index (χ0n) is 17.5. The Balaban J connectivity index is 1.66. The van der Waals surface area contributed by atoms with Crippen molar-refractivity contribution in [2.24, 2.45) is 0 Å². The van der Waals surface area contributed by atoms with E-state index in [-0.39, 0.29) is 11.9 Å². The molecule has 30 heavy (non-hydrogen) atoms. The maximum atomic E-state index is 11.9. The number of fused-ring (bicyclic) bond motifs is 2. The van der Waals surface area contributed by atoms with Crippen LogP contribution >= 0.6 is 0 Å². The number of nitrogens with one attached hydrogen (secondary N) is 2. The van der Waals surface area contributed by atoms with Crippen LogP contribution in [0.4, 0.5) is 17.1 Å². The molecule has 2 N–H and O–H groups in total. The van der Waals surface area contributed by atoms with Crippen LogP contribution in [0.3, 0.4) is 0 Å². The zero-order valence-corrected chi connectivity index (χ0v) is 17.5. The van der Waals surface area contributed by atoms with Crippen molar-refractivity contribution < 1.29 is 9.53 Å². The van der Waals surface area contributed by atoms with Gasteiger partial charge >= 0.3 is 5.97 Å². The second kappa shape index (κ2) is 8.76. The summed E-state index contributed by atoms with van der Waals surface area (Å²) in [7, 11) is 1.44. The predicted molar refractivity (Wildman–Crippen MR) is 118 cm³/mol. The first-order chi connectivity index (χ1) is 14.6. The van der Waals surface area contributed by atoms with Gasteiger partial charge in [0.25, 0.3) is 0 Å². The molecule has 0 aromatic heterocycles. The van der Waals surface area contributed by atoms with E-state index in [1.165, 1.54) is 19.2 Å². The van der Waals surface area contributed by atoms with E-state index >= 15 is 0 Å². The van der Waals surface area contributed by atoms with E-state index in [9.17, 15) is 4.79 Å². The van der Waals surface area contributed by atoms with Gasteiger partial charge in [0.15, 0.2) is 0 Å². The minimum atomic E-state index is -0.185. The van der Waals surface area contributed by atoms with Crippen LogP contribution in [-0.4, -0.2) is 38.3 Å². The average Bonchev–Trinajstić information content (AvgIpc) is 3.41. The van der Waals surface area contributed by atoms with E-state index in [1.807, 2.05) is 24.3 Å². The normalized spacial score (nSPS) is 20.6. The molecule has 6 heteroatoms. The molecule has 2 aliphatic heterocycles. The van der Waals surface area contributed by atoms with Crippen molar-refractivity contribution in [3.8, 4) is 6.07 Å². The molecule has 3 atom stereocenters. The number of hydrogen-bond acceptors (Lipinski definition) is 6. The van der Waals surface area contributed by atoms with Crippen molar-refractivity contribution >= 4 is 23.0 Å². The number of carbonyl (C=O) groups excluding carboxylic acids is 1. The Hall–Kier alpha value is -3.04. The quantitative estimate of drug-likeness (QED) is 0.682. The van der Waals surface area contributed by atoms with E-state index in [0.29, 0.717) is 24.1 Å². The lowest BCUT2D eigenvalue weighted by atomic mass is 9.92. The number of nitriles is 1. The molecule has 0 amide bonds. The summed E-state index contributed by atoms with van der Waals surface area (Å²) in [5, 5.41) is 16.2. The van der Waals surface area contributed by atoms with Crippen molar-refractivity contribution in [2.45, 2.75) is 44.2 Å². The highest BCUT2D eigenvalue weighted by molar-refractivity contribution is 5.78. The molecule has 0 saturated carbocycles. The standard InChI is InChI=1S/C24H28N4O2/c1-3-17(11-24(29)30-2)18-6-9-23(28-15-20-12-21(28)14-26-20)22(10-18)27-19-7-4-16(13-25)5-8-19/h4-10,17,20-21,26-27H,3,11-12,14-15H2,1-2H3/t17?,20-,21-/m0/s1. The Morgan fingerprint density at radius 3 is 2.73 bits per heavy atom. The van der Waals surface area contributed by atoms with Crippen LogP contribution in [0.2, 0.25) is 0 Å². The Bertz CT molecular complexity index is 951. The second-order valence-electron chi connectivity index (χ2n) is 8.12. The van der Waals surface area contributed by atoms with Gasteiger partial charge in [0.1, 0.15) is 0 Å². The highest BCUT2D eigenvalue weighted by Gasteiger charge is 2.38. The Morgan fingerprint density at radius 2 is 2.13 bits per heavy atom. The molecule has 2 fully saturated rings. The van der Waals surface area contributed by atoms with Gasteiger partial charge < -0.3 is 20.3 Å². The van der Waals surface area contributed by atoms with Crippen LogP contribution in [0.25, 0.3) is 0 Å². The highest BCUT2D eigenvalue weighted by Crippen LogP contribution is 2.38. The molecule has 1 unspecified atom stereocenters. The minimum absolute atomic E-state index is 0.115. The maximum absolute atomic E-state index is 11.9. The third-order valence-electron chi connectivity index (χ3n) is 6.28. The molecule has 2 bridgehead atoms. The zero-order chi connectivity index (χ0) is 21.1. The number of methoxy groups -OCH3 is 1. The van der Waals surface area contributed by atoms with E-state index in [0.717, 1.165) is 36.4 Å². The molecular formula is C24H28N4O2. The van der Waals surface area contributed by atoms with Crippen LogP contribution in [0, 0.1) is 11.3 Å². The summed E-state index contributed by atoms with van der Waals surface area (Å²) in [6.07, 6.45) is 2.42. The topological polar surface area (TPSA) is 77.4 Å². The third-order valence-corrected chi connectivity index (χ3v) is 6.28. The number of benzene rings is 2. The highest BCUT2D eigenvalue weighted by atomic mass is 16.5. The Labute approximate surface area is 177 Å². The summed E-state index contributed by atoms with van der Waals surface area (Å²) in [5.41, 5.74) is 4.93. The summed E-state index contributed by atoms with van der Waals surface area (Å²) in [6, 6.07) is 17.2. The van der Waals surface area contributed by atoms with Gasteiger partial charge in [-0.25, -0.2) is 0 Å². The summed E-state index contributed by atoms with van der Waals surface area (Å²) in [4.78, 5) is 14.4. The van der Waals surface area contributed by atoms with Gasteiger partial charge in [-0.1, -0.05) is 13.0 Å². The molecule has 0 radical (unpaired) electrons. The predicted octanol–water partition coefficient (Wildman–Crippen LogP) is 3.91. The van der Waals surface area contributed by atoms with Crippen LogP contribution in [0.15, 0.2) is 42.5 Å². The van der Waals surface area contributed by atoms with Gasteiger partial charge in [-0.05, 0) is 60.7 Å². The number of rotatable bonds is 7. The first-order valence-electron chi connectivity index (χ1n) is 10.6. The fourth-order valence-electron chi connectivity index (χ4n) is 4.58. The number of esters is 1. The molecule has 156 valence electrons. The summed E-state index contributed by atoms with van der Waals surface area (Å²) < 4.78 is 4.89. The van der Waals surface area contributed by atoms with Gasteiger partial charge in [-0.2, -0.15) is 5.26 Å². The van der Waals surface area contributed by atoms with Gasteiger partial charge in [-0.3, -0.25) is 4.79 Å². The lowest BCUT2D eigenvalue weighted by molar-refractivity contribution is -0.141. The molecule has 6 nitrogen and oxygen atoms in total. The van der Waals surface area contributed by atoms with E-state index < -0.39 is 0 Å². The third kappa shape index (κ3) is 4.12. The molecule has 2 saturated heterocycles. The van der Waals surface area contributed by atoms with Gasteiger partial charge in [-0.15, -0.1) is 0 Å². The molecular weight excluding hydrogens is 376 g/mol. The number of ether oxygens (including phenoxy) is 1. The average molecular weight is 405 g/mol. The smallest absolute Gasteiger partial charge is 0.306 e. The number of hydrogen-bond donors (Lipinski definition) is 2. The Morgan fingerprint density at radius 1 is 1.33 bits per heavy atom. The number of nitrogens with zero attached hydrogens (tertiary/aromatic N) is 2. The van der Waals surface area contributed by atoms with Gasteiger partial charge in [0, 0.05) is 30.9 Å². The van der Waals surface area contributed by atoms with Crippen LogP contribution < -0.4 is 15.5 Å². The second-order valence-corrected chi connectivity index (χ2v) is 8.12. The van der Waals surface area contributed by atoms with Gasteiger partial charge in [0.2, 0.25) is 0 Å². The van der Waals surface area contributed by atoms with Crippen LogP contribution in [0.1, 0.15) is 43.2 Å². The first kappa shape index (κ1) is 20.2. The van der Waals surface area contributed by atoms with Crippen molar-refractivity contribution in [2.75, 3.05) is 30.4 Å². The van der Waals surface area contributed by atoms with Gasteiger partial charge in [0.05, 0.1) is 36.5 Å². The lowest BCUT2D eigenvalue weighted by Crippen LogP contribution is -2.43. The molecule has 0 spiro atoms. The van der Waals surface area contributed by atoms with Crippen molar-refractivity contribution in [1.29, 1.82) is 5.26 Å². The SMILES string of the molecule is CCC(CC(=O)OC)c1ccc(N2C[C@@H]3C[C@H]2CN3)c(Nc2ccc(C#N)cc2)c1. The van der Waals surface area contributed by atoms with Crippen molar-refractivity contribution in [3.63, 3.8) is 0 Å². The number of carbonyl (C=O) groups is 1. The van der Waals surface area contributed by atoms with E-state index in [2.05, 4.69) is 46.7 Å². The molecule has 2 aromatic rings. The lowest BCUT2D eigenvalue weighted by Gasteiger charge is -2.32. The molecule has 2 heterocycles. The summed E-state index contributed by atoms with van der Waals surface area (Å²) >= 11 is 0. The number of anilines is 3. The van der Waals surface area contributed by atoms with Crippen molar-refractivity contribution in [1.82, 2.24) is 5.32 Å². The molecule has 2 aliphatic rings.